The predicted octanol–water partition coefficient (Wildman–Crippen LogP) is 1.30. The zero-order chi connectivity index (χ0) is 17.9. The molecule has 1 aromatic carbocycles. The van der Waals surface area contributed by atoms with Crippen LogP contribution < -0.4 is 0 Å². The highest BCUT2D eigenvalue weighted by Gasteiger charge is 2.52. The first-order valence-corrected chi connectivity index (χ1v) is 9.05. The van der Waals surface area contributed by atoms with E-state index in [-0.39, 0.29) is 24.2 Å². The van der Waals surface area contributed by atoms with Crippen LogP contribution in [0.2, 0.25) is 0 Å². The largest absolute Gasteiger partial charge is 0.508 e. The molecule has 0 radical (unpaired) electrons. The number of aryl methyl sites for hydroxylation is 1. The second-order valence-electron chi connectivity index (χ2n) is 6.97. The van der Waals surface area contributed by atoms with Gasteiger partial charge in [0.1, 0.15) is 11.3 Å². The number of hydrogen-bond donors (Lipinski definition) is 2. The third-order valence-corrected chi connectivity index (χ3v) is 5.43. The highest BCUT2D eigenvalue weighted by Crippen LogP contribution is 2.38. The summed E-state index contributed by atoms with van der Waals surface area (Å²) in [5.41, 5.74) is 0.302. The van der Waals surface area contributed by atoms with Crippen LogP contribution in [0.4, 0.5) is 0 Å². The number of aromatic hydroxyl groups is 1. The number of amides is 2. The summed E-state index contributed by atoms with van der Waals surface area (Å²) in [7, 11) is 0. The average molecular weight is 346 g/mol. The van der Waals surface area contributed by atoms with E-state index in [2.05, 4.69) is 0 Å². The lowest BCUT2D eigenvalue weighted by atomic mass is 9.85. The first-order valence-electron chi connectivity index (χ1n) is 9.05. The van der Waals surface area contributed by atoms with Crippen molar-refractivity contribution in [1.29, 1.82) is 0 Å². The van der Waals surface area contributed by atoms with Crippen molar-refractivity contribution in [3.8, 4) is 5.75 Å². The number of nitrogens with zero attached hydrogens (tertiary/aromatic N) is 2. The van der Waals surface area contributed by atoms with E-state index < -0.39 is 5.54 Å². The lowest BCUT2D eigenvalue weighted by molar-refractivity contribution is -0.155. The van der Waals surface area contributed by atoms with Gasteiger partial charge in [-0.1, -0.05) is 12.1 Å². The molecule has 0 bridgehead atoms. The maximum absolute atomic E-state index is 13.0. The van der Waals surface area contributed by atoms with Crippen molar-refractivity contribution in [2.24, 2.45) is 0 Å². The Bertz CT molecular complexity index is 629. The molecule has 0 saturated carbocycles. The average Bonchev–Trinajstić information content (AvgIpc) is 3.03. The Morgan fingerprint density at radius 2 is 1.80 bits per heavy atom. The van der Waals surface area contributed by atoms with Crippen molar-refractivity contribution in [1.82, 2.24) is 9.80 Å². The van der Waals surface area contributed by atoms with Crippen LogP contribution in [-0.2, 0) is 16.0 Å². The molecule has 2 aliphatic rings. The van der Waals surface area contributed by atoms with E-state index in [1.54, 1.807) is 21.9 Å². The molecule has 136 valence electrons. The molecule has 25 heavy (non-hydrogen) atoms. The van der Waals surface area contributed by atoms with E-state index in [9.17, 15) is 19.8 Å². The van der Waals surface area contributed by atoms with Gasteiger partial charge in [0.15, 0.2) is 0 Å². The molecule has 1 unspecified atom stereocenters. The van der Waals surface area contributed by atoms with E-state index in [0.29, 0.717) is 32.5 Å². The van der Waals surface area contributed by atoms with Crippen molar-refractivity contribution < 1.29 is 19.8 Å². The molecular weight excluding hydrogens is 320 g/mol. The van der Waals surface area contributed by atoms with Crippen LogP contribution in [0.15, 0.2) is 24.3 Å². The summed E-state index contributed by atoms with van der Waals surface area (Å²) in [4.78, 5) is 29.3. The third kappa shape index (κ3) is 3.49. The lowest BCUT2D eigenvalue weighted by Crippen LogP contribution is -2.61. The number of benzene rings is 1. The molecule has 6 nitrogen and oxygen atoms in total. The lowest BCUT2D eigenvalue weighted by Gasteiger charge is -2.44. The molecule has 2 amide bonds. The summed E-state index contributed by atoms with van der Waals surface area (Å²) >= 11 is 0. The van der Waals surface area contributed by atoms with Crippen LogP contribution in [0.5, 0.6) is 5.75 Å². The highest BCUT2D eigenvalue weighted by molar-refractivity contribution is 5.92. The van der Waals surface area contributed by atoms with Crippen molar-refractivity contribution in [2.75, 3.05) is 26.2 Å². The monoisotopic (exact) mass is 346 g/mol. The number of likely N-dealkylation sites (tertiary alicyclic amines) is 2. The third-order valence-electron chi connectivity index (χ3n) is 5.43. The molecule has 2 N–H and O–H groups in total. The fourth-order valence-electron chi connectivity index (χ4n) is 4.17. The molecule has 2 saturated heterocycles. The van der Waals surface area contributed by atoms with Crippen LogP contribution in [0.25, 0.3) is 0 Å². The van der Waals surface area contributed by atoms with Gasteiger partial charge in [-0.15, -0.1) is 0 Å². The van der Waals surface area contributed by atoms with Crippen LogP contribution in [0.1, 0.15) is 37.7 Å². The van der Waals surface area contributed by atoms with Gasteiger partial charge in [-0.2, -0.15) is 0 Å². The quantitative estimate of drug-likeness (QED) is 0.842. The number of phenols is 1. The first-order chi connectivity index (χ1) is 12.1. The Hall–Kier alpha value is -2.08. The number of hydrogen-bond acceptors (Lipinski definition) is 4. The van der Waals surface area contributed by atoms with Gasteiger partial charge in [0, 0.05) is 26.1 Å². The second-order valence-corrected chi connectivity index (χ2v) is 6.97. The van der Waals surface area contributed by atoms with Gasteiger partial charge in [-0.3, -0.25) is 9.59 Å². The van der Waals surface area contributed by atoms with Gasteiger partial charge >= 0.3 is 0 Å². The first kappa shape index (κ1) is 17.7. The Labute approximate surface area is 148 Å². The number of rotatable bonds is 5. The SMILES string of the molecule is O=C(CCc1ccc(O)cc1)N1CCCC12CCCN(CCO)C2=O. The second kappa shape index (κ2) is 7.44. The van der Waals surface area contributed by atoms with Crippen molar-refractivity contribution in [2.45, 2.75) is 44.1 Å². The molecular formula is C19H26N2O4. The smallest absolute Gasteiger partial charge is 0.248 e. The highest BCUT2D eigenvalue weighted by atomic mass is 16.3. The van der Waals surface area contributed by atoms with Crippen molar-refractivity contribution in [3.05, 3.63) is 29.8 Å². The number of piperidine rings is 1. The van der Waals surface area contributed by atoms with Gasteiger partial charge in [0.25, 0.3) is 0 Å². The Morgan fingerprint density at radius 1 is 1.12 bits per heavy atom. The molecule has 0 aromatic heterocycles. The molecule has 1 spiro atoms. The number of carbonyl (C=O) groups is 2. The van der Waals surface area contributed by atoms with Crippen molar-refractivity contribution >= 4 is 11.8 Å². The molecule has 1 atom stereocenters. The van der Waals surface area contributed by atoms with Gasteiger partial charge < -0.3 is 20.0 Å². The molecule has 2 aliphatic heterocycles. The minimum atomic E-state index is -0.695. The number of aliphatic hydroxyl groups excluding tert-OH is 1. The van der Waals surface area contributed by atoms with Crippen LogP contribution in [0, 0.1) is 0 Å². The van der Waals surface area contributed by atoms with E-state index in [4.69, 9.17) is 0 Å². The molecule has 2 fully saturated rings. The van der Waals surface area contributed by atoms with Crippen LogP contribution in [-0.4, -0.2) is 63.6 Å². The topological polar surface area (TPSA) is 81.1 Å². The summed E-state index contributed by atoms with van der Waals surface area (Å²) in [6.45, 7) is 1.59. The fourth-order valence-corrected chi connectivity index (χ4v) is 4.17. The van der Waals surface area contributed by atoms with Gasteiger partial charge in [-0.25, -0.2) is 0 Å². The maximum Gasteiger partial charge on any atom is 0.248 e. The minimum Gasteiger partial charge on any atom is -0.508 e. The summed E-state index contributed by atoms with van der Waals surface area (Å²) in [6.07, 6.45) is 4.12. The molecule has 6 heteroatoms. The number of carbonyl (C=O) groups excluding carboxylic acids is 2. The van der Waals surface area contributed by atoms with E-state index in [1.807, 2.05) is 12.1 Å². The van der Waals surface area contributed by atoms with Crippen LogP contribution in [0.3, 0.4) is 0 Å². The molecule has 1 aromatic rings. The summed E-state index contributed by atoms with van der Waals surface area (Å²) in [6, 6.07) is 6.87. The van der Waals surface area contributed by atoms with E-state index in [0.717, 1.165) is 31.2 Å². The van der Waals surface area contributed by atoms with E-state index >= 15 is 0 Å². The molecule has 3 rings (SSSR count). The van der Waals surface area contributed by atoms with Crippen molar-refractivity contribution in [3.63, 3.8) is 0 Å². The summed E-state index contributed by atoms with van der Waals surface area (Å²) < 4.78 is 0. The normalized spacial score (nSPS) is 23.5. The zero-order valence-electron chi connectivity index (χ0n) is 14.5. The Balaban J connectivity index is 1.68. The van der Waals surface area contributed by atoms with Gasteiger partial charge in [0.05, 0.1) is 6.61 Å². The van der Waals surface area contributed by atoms with Crippen LogP contribution >= 0.6 is 0 Å². The van der Waals surface area contributed by atoms with E-state index in [1.165, 1.54) is 0 Å². The molecule has 0 aliphatic carbocycles. The molecule has 2 heterocycles. The number of aliphatic hydroxyl groups is 1. The number of β-amino-alcohol motifs (C(OH)–C–C–N with tert-alkyl or cyclic N) is 1. The standard InChI is InChI=1S/C19H26N2O4/c22-14-13-20-11-1-9-19(18(20)25)10-2-12-21(19)17(24)8-5-15-3-6-16(23)7-4-15/h3-4,6-7,22-23H,1-2,5,8-14H2. The maximum atomic E-state index is 13.0. The Morgan fingerprint density at radius 3 is 2.48 bits per heavy atom. The zero-order valence-corrected chi connectivity index (χ0v) is 14.5. The summed E-state index contributed by atoms with van der Waals surface area (Å²) in [5.74, 6) is 0.235. The number of phenolic OH excluding ortho intramolecular Hbond substituents is 1. The Kier molecular flexibility index (Phi) is 5.27. The predicted molar refractivity (Wildman–Crippen MR) is 93.0 cm³/mol. The summed E-state index contributed by atoms with van der Waals surface area (Å²) in [5, 5.41) is 18.5. The minimum absolute atomic E-state index is 0.00304. The van der Waals surface area contributed by atoms with Gasteiger partial charge in [-0.05, 0) is 49.8 Å². The fraction of sp³-hybridized carbons (Fsp3) is 0.579. The van der Waals surface area contributed by atoms with Gasteiger partial charge in [0.2, 0.25) is 11.8 Å².